The summed E-state index contributed by atoms with van der Waals surface area (Å²) in [6.45, 7) is 6.18. The maximum absolute atomic E-state index is 13.3. The Bertz CT molecular complexity index is 1230. The van der Waals surface area contributed by atoms with Crippen LogP contribution in [0.3, 0.4) is 0 Å². The first-order valence-corrected chi connectivity index (χ1v) is 10.9. The van der Waals surface area contributed by atoms with E-state index in [-0.39, 0.29) is 5.91 Å². The average Bonchev–Trinajstić information content (AvgIpc) is 3.35. The van der Waals surface area contributed by atoms with Crippen LogP contribution in [-0.2, 0) is 4.79 Å². The third-order valence-corrected chi connectivity index (χ3v) is 5.80. The van der Waals surface area contributed by atoms with Crippen LogP contribution in [0.15, 0.2) is 107 Å². The number of aliphatic imine (C=N–C) groups is 1. The number of benzene rings is 2. The monoisotopic (exact) mass is 425 g/mol. The fourth-order valence-electron chi connectivity index (χ4n) is 3.37. The van der Waals surface area contributed by atoms with Crippen molar-refractivity contribution in [1.82, 2.24) is 9.88 Å². The number of amidine groups is 1. The molecule has 2 aromatic carbocycles. The maximum Gasteiger partial charge on any atom is 0.267 e. The van der Waals surface area contributed by atoms with E-state index in [1.165, 1.54) is 11.8 Å². The normalized spacial score (nSPS) is 17.5. The van der Waals surface area contributed by atoms with Gasteiger partial charge in [-0.05, 0) is 71.6 Å². The molecule has 5 heteroatoms. The van der Waals surface area contributed by atoms with Gasteiger partial charge < -0.3 is 4.98 Å². The number of H-pyrrole nitrogens is 1. The van der Waals surface area contributed by atoms with Gasteiger partial charge in [-0.25, -0.2) is 4.99 Å². The minimum Gasteiger partial charge on any atom is -0.361 e. The van der Waals surface area contributed by atoms with Crippen molar-refractivity contribution in [2.45, 2.75) is 6.92 Å². The van der Waals surface area contributed by atoms with Crippen LogP contribution >= 0.6 is 11.8 Å². The molecule has 0 unspecified atom stereocenters. The van der Waals surface area contributed by atoms with Gasteiger partial charge in [0.05, 0.1) is 17.1 Å². The van der Waals surface area contributed by atoms with Gasteiger partial charge in [-0.3, -0.25) is 9.69 Å². The highest BCUT2D eigenvalue weighted by atomic mass is 32.2. The molecule has 0 atom stereocenters. The maximum atomic E-state index is 13.3. The molecule has 0 aliphatic carbocycles. The smallest absolute Gasteiger partial charge is 0.267 e. The lowest BCUT2D eigenvalue weighted by molar-refractivity contribution is -0.121. The van der Waals surface area contributed by atoms with Crippen LogP contribution in [0.1, 0.15) is 12.5 Å². The second-order valence-corrected chi connectivity index (χ2v) is 8.04. The number of hydrogen-bond acceptors (Lipinski definition) is 3. The fraction of sp³-hybridized carbons (Fsp3) is 0.0769. The quantitative estimate of drug-likeness (QED) is 0.364. The van der Waals surface area contributed by atoms with E-state index < -0.39 is 0 Å². The lowest BCUT2D eigenvalue weighted by Gasteiger charge is -2.16. The number of para-hydroxylation sites is 1. The van der Waals surface area contributed by atoms with Gasteiger partial charge in [0.1, 0.15) is 0 Å². The first-order chi connectivity index (χ1) is 15.2. The predicted octanol–water partition coefficient (Wildman–Crippen LogP) is 6.46. The third-order valence-electron chi connectivity index (χ3n) is 4.80. The predicted molar refractivity (Wildman–Crippen MR) is 132 cm³/mol. The van der Waals surface area contributed by atoms with Gasteiger partial charge in [0.15, 0.2) is 5.17 Å². The first-order valence-electron chi connectivity index (χ1n) is 10.0. The molecule has 154 valence electrons. The molecule has 1 aliphatic heterocycles. The van der Waals surface area contributed by atoms with E-state index in [2.05, 4.69) is 17.6 Å². The summed E-state index contributed by atoms with van der Waals surface area (Å²) in [4.78, 5) is 23.7. The number of thioether (sulfide) groups is 1. The van der Waals surface area contributed by atoms with E-state index >= 15 is 0 Å². The van der Waals surface area contributed by atoms with E-state index in [1.54, 1.807) is 11.0 Å². The van der Waals surface area contributed by atoms with Gasteiger partial charge >= 0.3 is 0 Å². The highest BCUT2D eigenvalue weighted by Gasteiger charge is 2.33. The van der Waals surface area contributed by atoms with Gasteiger partial charge in [0.25, 0.3) is 5.91 Å². The number of aromatic amines is 1. The van der Waals surface area contributed by atoms with E-state index in [4.69, 9.17) is 4.99 Å². The van der Waals surface area contributed by atoms with Crippen LogP contribution in [0.25, 0.3) is 17.0 Å². The van der Waals surface area contributed by atoms with Gasteiger partial charge in [-0.1, -0.05) is 55.1 Å². The van der Waals surface area contributed by atoms with Crippen molar-refractivity contribution in [2.75, 3.05) is 6.54 Å². The van der Waals surface area contributed by atoms with Gasteiger partial charge in [0, 0.05) is 11.7 Å². The second-order valence-electron chi connectivity index (χ2n) is 7.03. The zero-order valence-corrected chi connectivity index (χ0v) is 18.1. The molecule has 1 amide bonds. The Morgan fingerprint density at radius 2 is 2.03 bits per heavy atom. The minimum absolute atomic E-state index is 0.0479. The lowest BCUT2D eigenvalue weighted by Crippen LogP contribution is -2.30. The Kier molecular flexibility index (Phi) is 6.34. The lowest BCUT2D eigenvalue weighted by atomic mass is 10.1. The Hall–Kier alpha value is -3.57. The number of allylic oxidation sites excluding steroid dienone is 3. The SMILES string of the molecule is C=C/C=C(\C=C/C)CN1C(=O)/C(=C/c2ccc3[nH]ccc3c2)S/C1=N\c1ccccc1. The molecule has 0 saturated carbocycles. The van der Waals surface area contributed by atoms with Crippen LogP contribution in [0.4, 0.5) is 5.69 Å². The molecule has 4 rings (SSSR count). The number of carbonyl (C=O) groups excluding carboxylic acids is 1. The molecule has 1 fully saturated rings. The van der Waals surface area contributed by atoms with Crippen molar-refractivity contribution >= 4 is 45.5 Å². The molecular weight excluding hydrogens is 402 g/mol. The van der Waals surface area contributed by atoms with Crippen molar-refractivity contribution in [3.8, 4) is 0 Å². The number of hydrogen-bond donors (Lipinski definition) is 1. The van der Waals surface area contributed by atoms with Crippen molar-refractivity contribution in [3.63, 3.8) is 0 Å². The first kappa shape index (κ1) is 20.7. The van der Waals surface area contributed by atoms with Crippen LogP contribution in [0.5, 0.6) is 0 Å². The van der Waals surface area contributed by atoms with Crippen molar-refractivity contribution in [3.05, 3.63) is 108 Å². The zero-order chi connectivity index (χ0) is 21.6. The summed E-state index contributed by atoms with van der Waals surface area (Å²) in [6.07, 6.45) is 11.4. The van der Waals surface area contributed by atoms with E-state index in [0.717, 1.165) is 27.7 Å². The van der Waals surface area contributed by atoms with Crippen molar-refractivity contribution in [1.29, 1.82) is 0 Å². The Morgan fingerprint density at radius 1 is 1.19 bits per heavy atom. The Balaban J connectivity index is 1.71. The molecule has 2 heterocycles. The fourth-order valence-corrected chi connectivity index (χ4v) is 4.36. The molecular formula is C26H23N3OS. The van der Waals surface area contributed by atoms with E-state index in [1.807, 2.05) is 86.0 Å². The number of rotatable bonds is 6. The summed E-state index contributed by atoms with van der Waals surface area (Å²) >= 11 is 1.40. The molecule has 3 aromatic rings. The highest BCUT2D eigenvalue weighted by Crippen LogP contribution is 2.35. The van der Waals surface area contributed by atoms with Gasteiger partial charge in [-0.15, -0.1) is 0 Å². The van der Waals surface area contributed by atoms with Crippen LogP contribution in [0.2, 0.25) is 0 Å². The van der Waals surface area contributed by atoms with E-state index in [9.17, 15) is 4.79 Å². The third kappa shape index (κ3) is 4.78. The summed E-state index contributed by atoms with van der Waals surface area (Å²) < 4.78 is 0. The molecule has 31 heavy (non-hydrogen) atoms. The van der Waals surface area contributed by atoms with Gasteiger partial charge in [-0.2, -0.15) is 0 Å². The van der Waals surface area contributed by atoms with E-state index in [0.29, 0.717) is 16.6 Å². The van der Waals surface area contributed by atoms with Gasteiger partial charge in [0.2, 0.25) is 0 Å². The highest BCUT2D eigenvalue weighted by molar-refractivity contribution is 8.18. The molecule has 1 saturated heterocycles. The molecule has 0 bridgehead atoms. The summed E-state index contributed by atoms with van der Waals surface area (Å²) in [6, 6.07) is 17.8. The summed E-state index contributed by atoms with van der Waals surface area (Å²) in [5, 5.41) is 1.79. The number of aromatic nitrogens is 1. The molecule has 1 aliphatic rings. The standard InChI is InChI=1S/C26H23N3OS/c1-3-8-19(9-4-2)18-29-25(30)24(31-26(29)28-22-10-6-5-7-11-22)17-20-12-13-23-21(16-20)14-15-27-23/h3-17,27H,1,18H2,2H3/b9-4-,19-8+,24-17-,28-26-. The second kappa shape index (κ2) is 9.49. The van der Waals surface area contributed by atoms with Crippen LogP contribution in [0, 0.1) is 0 Å². The minimum atomic E-state index is -0.0479. The van der Waals surface area contributed by atoms with Crippen molar-refractivity contribution < 1.29 is 4.79 Å². The number of fused-ring (bicyclic) bond motifs is 1. The Labute approximate surface area is 186 Å². The average molecular weight is 426 g/mol. The number of nitrogens with zero attached hydrogens (tertiary/aromatic N) is 2. The summed E-state index contributed by atoms with van der Waals surface area (Å²) in [7, 11) is 0. The largest absolute Gasteiger partial charge is 0.361 e. The molecule has 1 N–H and O–H groups in total. The number of nitrogens with one attached hydrogen (secondary N) is 1. The number of amides is 1. The molecule has 1 aromatic heterocycles. The zero-order valence-electron chi connectivity index (χ0n) is 17.3. The van der Waals surface area contributed by atoms with Crippen molar-refractivity contribution in [2.24, 2.45) is 4.99 Å². The molecule has 0 radical (unpaired) electrons. The Morgan fingerprint density at radius 3 is 2.81 bits per heavy atom. The molecule has 4 nitrogen and oxygen atoms in total. The van der Waals surface area contributed by atoms with Crippen LogP contribution < -0.4 is 0 Å². The summed E-state index contributed by atoms with van der Waals surface area (Å²) in [5.41, 5.74) is 3.87. The van der Waals surface area contributed by atoms with Crippen LogP contribution in [-0.4, -0.2) is 27.5 Å². The molecule has 0 spiro atoms. The summed E-state index contributed by atoms with van der Waals surface area (Å²) in [5.74, 6) is -0.0479. The number of carbonyl (C=O) groups is 1. The topological polar surface area (TPSA) is 48.5 Å².